The second-order valence-electron chi connectivity index (χ2n) is 6.34. The Morgan fingerprint density at radius 1 is 0.850 bits per heavy atom. The Morgan fingerprint density at radius 3 is 1.95 bits per heavy atom. The van der Waals surface area contributed by atoms with E-state index in [1.807, 2.05) is 0 Å². The molecule has 0 saturated carbocycles. The average Bonchev–Trinajstić information content (AvgIpc) is 2.38. The molecule has 2 aromatic rings. The Kier molecular flexibility index (Phi) is 4.27. The van der Waals surface area contributed by atoms with Crippen LogP contribution in [-0.2, 0) is 7.05 Å². The summed E-state index contributed by atoms with van der Waals surface area (Å²) in [4.78, 5) is 0. The normalized spacial score (nSPS) is 11.4. The first-order valence-corrected chi connectivity index (χ1v) is 7.50. The molecule has 0 aliphatic heterocycles. The van der Waals surface area contributed by atoms with Gasteiger partial charge in [-0.1, -0.05) is 39.8 Å². The van der Waals surface area contributed by atoms with Crippen molar-refractivity contribution in [2.75, 3.05) is 0 Å². The van der Waals surface area contributed by atoms with E-state index in [1.165, 1.54) is 27.9 Å². The highest BCUT2D eigenvalue weighted by atomic mass is 14.9. The van der Waals surface area contributed by atoms with E-state index in [2.05, 4.69) is 82.8 Å². The van der Waals surface area contributed by atoms with Gasteiger partial charge in [-0.15, -0.1) is 0 Å². The first-order valence-electron chi connectivity index (χ1n) is 7.50. The van der Waals surface area contributed by atoms with E-state index >= 15 is 0 Å². The van der Waals surface area contributed by atoms with Crippen molar-refractivity contribution in [1.29, 1.82) is 0 Å². The van der Waals surface area contributed by atoms with E-state index in [4.69, 9.17) is 0 Å². The van der Waals surface area contributed by atoms with Gasteiger partial charge in [-0.3, -0.25) is 0 Å². The standard InChI is InChI=1S/C19H26N/c1-13(2)16-7-9-18(15(5)11-16)19-10-8-17(14(3)4)12-20(19)6/h7-14H,1-6H3/q+1. The summed E-state index contributed by atoms with van der Waals surface area (Å²) in [5.41, 5.74) is 6.75. The maximum atomic E-state index is 2.32. The average molecular weight is 268 g/mol. The Morgan fingerprint density at radius 2 is 1.45 bits per heavy atom. The molecular formula is C19H26N+. The summed E-state index contributed by atoms with van der Waals surface area (Å²) in [5, 5.41) is 0. The lowest BCUT2D eigenvalue weighted by Gasteiger charge is -2.11. The van der Waals surface area contributed by atoms with Crippen molar-refractivity contribution < 1.29 is 4.57 Å². The van der Waals surface area contributed by atoms with Crippen molar-refractivity contribution in [3.05, 3.63) is 53.2 Å². The number of benzene rings is 1. The van der Waals surface area contributed by atoms with Crippen LogP contribution in [0.1, 0.15) is 56.2 Å². The third-order valence-corrected chi connectivity index (χ3v) is 4.02. The lowest BCUT2D eigenvalue weighted by molar-refractivity contribution is -0.660. The summed E-state index contributed by atoms with van der Waals surface area (Å²) >= 11 is 0. The summed E-state index contributed by atoms with van der Waals surface area (Å²) in [6.07, 6.45) is 2.25. The monoisotopic (exact) mass is 268 g/mol. The van der Waals surface area contributed by atoms with Gasteiger partial charge in [-0.05, 0) is 42.0 Å². The molecule has 106 valence electrons. The van der Waals surface area contributed by atoms with E-state index in [-0.39, 0.29) is 0 Å². The molecule has 0 aliphatic rings. The highest BCUT2D eigenvalue weighted by Crippen LogP contribution is 2.25. The molecule has 0 bridgehead atoms. The van der Waals surface area contributed by atoms with Gasteiger partial charge < -0.3 is 0 Å². The van der Waals surface area contributed by atoms with Gasteiger partial charge in [0.15, 0.2) is 6.20 Å². The molecule has 0 aliphatic carbocycles. The Balaban J connectivity index is 2.46. The summed E-state index contributed by atoms with van der Waals surface area (Å²) < 4.78 is 2.24. The molecule has 1 aromatic heterocycles. The lowest BCUT2D eigenvalue weighted by atomic mass is 9.95. The van der Waals surface area contributed by atoms with Crippen molar-refractivity contribution >= 4 is 0 Å². The van der Waals surface area contributed by atoms with Crippen LogP contribution in [0.2, 0.25) is 0 Å². The zero-order chi connectivity index (χ0) is 14.9. The summed E-state index contributed by atoms with van der Waals surface area (Å²) in [7, 11) is 2.14. The van der Waals surface area contributed by atoms with Crippen molar-refractivity contribution in [2.45, 2.75) is 46.5 Å². The van der Waals surface area contributed by atoms with Gasteiger partial charge in [0.1, 0.15) is 7.05 Å². The van der Waals surface area contributed by atoms with Gasteiger partial charge in [-0.25, -0.2) is 4.57 Å². The Labute approximate surface area is 123 Å². The van der Waals surface area contributed by atoms with Crippen molar-refractivity contribution in [2.24, 2.45) is 7.05 Å². The molecule has 0 fully saturated rings. The van der Waals surface area contributed by atoms with E-state index in [0.717, 1.165) is 0 Å². The molecule has 0 radical (unpaired) electrons. The molecule has 0 amide bonds. The number of rotatable bonds is 3. The lowest BCUT2D eigenvalue weighted by Crippen LogP contribution is -2.31. The van der Waals surface area contributed by atoms with Crippen LogP contribution in [0.3, 0.4) is 0 Å². The van der Waals surface area contributed by atoms with Gasteiger partial charge in [0.05, 0.1) is 0 Å². The number of pyridine rings is 1. The predicted molar refractivity (Wildman–Crippen MR) is 86.0 cm³/mol. The van der Waals surface area contributed by atoms with Crippen LogP contribution in [0.5, 0.6) is 0 Å². The molecule has 0 unspecified atom stereocenters. The van der Waals surface area contributed by atoms with Gasteiger partial charge in [0.2, 0.25) is 5.69 Å². The number of hydrogen-bond donors (Lipinski definition) is 0. The van der Waals surface area contributed by atoms with E-state index in [0.29, 0.717) is 11.8 Å². The third-order valence-electron chi connectivity index (χ3n) is 4.02. The molecule has 1 nitrogen and oxygen atoms in total. The fourth-order valence-corrected chi connectivity index (χ4v) is 2.58. The summed E-state index contributed by atoms with van der Waals surface area (Å²) in [6, 6.07) is 11.3. The van der Waals surface area contributed by atoms with E-state index in [9.17, 15) is 0 Å². The van der Waals surface area contributed by atoms with Crippen molar-refractivity contribution in [3.8, 4) is 11.3 Å². The van der Waals surface area contributed by atoms with E-state index < -0.39 is 0 Å². The minimum Gasteiger partial charge on any atom is -0.201 e. The second-order valence-corrected chi connectivity index (χ2v) is 6.34. The van der Waals surface area contributed by atoms with Crippen molar-refractivity contribution in [1.82, 2.24) is 0 Å². The minimum atomic E-state index is 0.569. The maximum absolute atomic E-state index is 2.32. The summed E-state index contributed by atoms with van der Waals surface area (Å²) in [5.74, 6) is 1.15. The zero-order valence-electron chi connectivity index (χ0n) is 13.6. The van der Waals surface area contributed by atoms with Gasteiger partial charge in [0.25, 0.3) is 0 Å². The van der Waals surface area contributed by atoms with Crippen LogP contribution in [-0.4, -0.2) is 0 Å². The number of aromatic nitrogens is 1. The topological polar surface area (TPSA) is 3.88 Å². The van der Waals surface area contributed by atoms with E-state index in [1.54, 1.807) is 0 Å². The van der Waals surface area contributed by atoms with Crippen LogP contribution in [0.4, 0.5) is 0 Å². The van der Waals surface area contributed by atoms with Crippen LogP contribution in [0.15, 0.2) is 36.5 Å². The minimum absolute atomic E-state index is 0.569. The number of aryl methyl sites for hydroxylation is 2. The van der Waals surface area contributed by atoms with Crippen LogP contribution in [0.25, 0.3) is 11.3 Å². The first-order chi connectivity index (χ1) is 9.40. The smallest absolute Gasteiger partial charge is 0.201 e. The van der Waals surface area contributed by atoms with Crippen molar-refractivity contribution in [3.63, 3.8) is 0 Å². The quantitative estimate of drug-likeness (QED) is 0.708. The molecule has 1 heteroatoms. The SMILES string of the molecule is Cc1cc(C(C)C)ccc1-c1ccc(C(C)C)c[n+]1C. The third kappa shape index (κ3) is 2.92. The van der Waals surface area contributed by atoms with Crippen LogP contribution >= 0.6 is 0 Å². The number of nitrogens with zero attached hydrogens (tertiary/aromatic N) is 1. The van der Waals surface area contributed by atoms with Gasteiger partial charge in [0, 0.05) is 17.2 Å². The predicted octanol–water partition coefficient (Wildman–Crippen LogP) is 4.73. The number of hydrogen-bond acceptors (Lipinski definition) is 0. The molecule has 0 spiro atoms. The largest absolute Gasteiger partial charge is 0.212 e. The van der Waals surface area contributed by atoms with Crippen LogP contribution in [0, 0.1) is 6.92 Å². The highest BCUT2D eigenvalue weighted by molar-refractivity contribution is 5.61. The fraction of sp³-hybridized carbons (Fsp3) is 0.421. The summed E-state index contributed by atoms with van der Waals surface area (Å²) in [6.45, 7) is 11.2. The van der Waals surface area contributed by atoms with Gasteiger partial charge in [-0.2, -0.15) is 0 Å². The van der Waals surface area contributed by atoms with Crippen LogP contribution < -0.4 is 4.57 Å². The zero-order valence-corrected chi connectivity index (χ0v) is 13.6. The molecule has 0 atom stereocenters. The molecule has 1 heterocycles. The molecular weight excluding hydrogens is 242 g/mol. The molecule has 20 heavy (non-hydrogen) atoms. The maximum Gasteiger partial charge on any atom is 0.212 e. The Bertz CT molecular complexity index is 554. The molecule has 2 rings (SSSR count). The fourth-order valence-electron chi connectivity index (χ4n) is 2.58. The highest BCUT2D eigenvalue weighted by Gasteiger charge is 2.14. The molecule has 0 N–H and O–H groups in total. The molecule has 1 aromatic carbocycles. The second kappa shape index (κ2) is 5.78. The van der Waals surface area contributed by atoms with Gasteiger partial charge >= 0.3 is 0 Å². The first kappa shape index (κ1) is 14.8. The molecule has 0 saturated heterocycles. The Hall–Kier alpha value is -1.63.